The molecule has 1 aliphatic carbocycles. The fraction of sp³-hybridized carbons (Fsp3) is 0.182. The van der Waals surface area contributed by atoms with Crippen molar-refractivity contribution in [2.75, 3.05) is 4.72 Å². The van der Waals surface area contributed by atoms with Crippen molar-refractivity contribution in [2.24, 2.45) is 0 Å². The van der Waals surface area contributed by atoms with Crippen LogP contribution in [0.3, 0.4) is 0 Å². The number of nitrogens with one attached hydrogen (secondary N) is 1. The average molecular weight is 442 g/mol. The highest BCUT2D eigenvalue weighted by molar-refractivity contribution is 7.92. The van der Waals surface area contributed by atoms with Gasteiger partial charge in [0.2, 0.25) is 0 Å². The van der Waals surface area contributed by atoms with Gasteiger partial charge in [0, 0.05) is 30.5 Å². The predicted octanol–water partition coefficient (Wildman–Crippen LogP) is 4.34. The number of benzene rings is 2. The van der Waals surface area contributed by atoms with E-state index in [2.05, 4.69) is 9.71 Å². The van der Waals surface area contributed by atoms with Gasteiger partial charge < -0.3 is 4.90 Å². The van der Waals surface area contributed by atoms with Crippen LogP contribution in [0.1, 0.15) is 28.8 Å². The van der Waals surface area contributed by atoms with E-state index in [1.807, 2.05) is 12.1 Å². The van der Waals surface area contributed by atoms with E-state index in [-0.39, 0.29) is 22.5 Å². The Morgan fingerprint density at radius 1 is 1.07 bits per heavy atom. The van der Waals surface area contributed by atoms with Gasteiger partial charge in [-0.2, -0.15) is 0 Å². The molecule has 1 amide bonds. The largest absolute Gasteiger partial charge is 0.331 e. The maximum atomic E-state index is 13.2. The number of para-hydroxylation sites is 1. The number of hydrogen-bond donors (Lipinski definition) is 1. The minimum Gasteiger partial charge on any atom is -0.331 e. The van der Waals surface area contributed by atoms with Crippen molar-refractivity contribution in [3.05, 3.63) is 89.2 Å². The first-order valence-electron chi connectivity index (χ1n) is 9.51. The van der Waals surface area contributed by atoms with Crippen LogP contribution in [0.15, 0.2) is 78.0 Å². The molecule has 4 rings (SSSR count). The van der Waals surface area contributed by atoms with Crippen molar-refractivity contribution in [3.63, 3.8) is 0 Å². The van der Waals surface area contributed by atoms with Crippen LogP contribution < -0.4 is 4.72 Å². The normalized spacial score (nSPS) is 13.6. The van der Waals surface area contributed by atoms with Crippen LogP contribution in [0.2, 0.25) is 5.02 Å². The number of aromatic nitrogens is 1. The van der Waals surface area contributed by atoms with E-state index >= 15 is 0 Å². The number of sulfonamides is 1. The zero-order chi connectivity index (χ0) is 21.1. The van der Waals surface area contributed by atoms with Crippen LogP contribution in [0.4, 0.5) is 5.69 Å². The highest BCUT2D eigenvalue weighted by Gasteiger charge is 2.33. The molecule has 1 heterocycles. The Kier molecular flexibility index (Phi) is 5.74. The van der Waals surface area contributed by atoms with Crippen LogP contribution in [0.5, 0.6) is 0 Å². The van der Waals surface area contributed by atoms with Crippen molar-refractivity contribution in [3.8, 4) is 0 Å². The third-order valence-corrected chi connectivity index (χ3v) is 6.55. The van der Waals surface area contributed by atoms with Crippen molar-refractivity contribution in [2.45, 2.75) is 30.3 Å². The molecule has 8 heteroatoms. The number of carbonyl (C=O) groups excluding carboxylic acids is 1. The number of amides is 1. The summed E-state index contributed by atoms with van der Waals surface area (Å²) < 4.78 is 28.1. The van der Waals surface area contributed by atoms with Gasteiger partial charge >= 0.3 is 0 Å². The lowest BCUT2D eigenvalue weighted by atomic mass is 10.1. The first-order valence-corrected chi connectivity index (χ1v) is 11.4. The monoisotopic (exact) mass is 441 g/mol. The van der Waals surface area contributed by atoms with E-state index in [1.165, 1.54) is 12.1 Å². The molecule has 0 bridgehead atoms. The van der Waals surface area contributed by atoms with E-state index in [0.717, 1.165) is 18.4 Å². The maximum absolute atomic E-state index is 13.2. The van der Waals surface area contributed by atoms with E-state index in [4.69, 9.17) is 11.6 Å². The minimum absolute atomic E-state index is 0.00734. The molecule has 30 heavy (non-hydrogen) atoms. The second-order valence-electron chi connectivity index (χ2n) is 7.13. The number of pyridine rings is 1. The van der Waals surface area contributed by atoms with Gasteiger partial charge in [0.05, 0.1) is 15.6 Å². The van der Waals surface area contributed by atoms with Crippen molar-refractivity contribution < 1.29 is 13.2 Å². The predicted molar refractivity (Wildman–Crippen MR) is 116 cm³/mol. The van der Waals surface area contributed by atoms with E-state index < -0.39 is 10.0 Å². The Morgan fingerprint density at radius 2 is 1.80 bits per heavy atom. The van der Waals surface area contributed by atoms with Gasteiger partial charge in [0.1, 0.15) is 0 Å². The van der Waals surface area contributed by atoms with Gasteiger partial charge in [-0.1, -0.05) is 29.8 Å². The van der Waals surface area contributed by atoms with Gasteiger partial charge in [-0.25, -0.2) is 8.42 Å². The summed E-state index contributed by atoms with van der Waals surface area (Å²) in [5.41, 5.74) is 1.60. The number of hydrogen-bond acceptors (Lipinski definition) is 4. The number of halogens is 1. The average Bonchev–Trinajstić information content (AvgIpc) is 3.59. The third kappa shape index (κ3) is 4.63. The summed E-state index contributed by atoms with van der Waals surface area (Å²) in [6, 6.07) is 16.6. The molecular weight excluding hydrogens is 422 g/mol. The first-order chi connectivity index (χ1) is 14.4. The van der Waals surface area contributed by atoms with Crippen LogP contribution in [0, 0.1) is 0 Å². The molecule has 3 aromatic rings. The van der Waals surface area contributed by atoms with Gasteiger partial charge in [-0.3, -0.25) is 14.5 Å². The summed E-state index contributed by atoms with van der Waals surface area (Å²) in [6.45, 7) is 0.459. The van der Waals surface area contributed by atoms with Crippen LogP contribution in [-0.4, -0.2) is 30.3 Å². The summed E-state index contributed by atoms with van der Waals surface area (Å²) in [4.78, 5) is 19.0. The second-order valence-corrected chi connectivity index (χ2v) is 9.22. The SMILES string of the molecule is O=C(c1cccc(S(=O)(=O)Nc2ccccc2Cl)c1)N(Cc1ccncc1)C1CC1. The van der Waals surface area contributed by atoms with E-state index in [0.29, 0.717) is 17.1 Å². The van der Waals surface area contributed by atoms with Crippen LogP contribution >= 0.6 is 11.6 Å². The molecule has 1 saturated carbocycles. The van der Waals surface area contributed by atoms with Gasteiger partial charge in [-0.05, 0) is 60.9 Å². The fourth-order valence-electron chi connectivity index (χ4n) is 3.15. The molecule has 0 atom stereocenters. The Hall–Kier alpha value is -2.90. The Morgan fingerprint density at radius 3 is 2.50 bits per heavy atom. The molecule has 1 N–H and O–H groups in total. The van der Waals surface area contributed by atoms with Crippen molar-refractivity contribution in [1.82, 2.24) is 9.88 Å². The molecule has 1 aliphatic rings. The maximum Gasteiger partial charge on any atom is 0.261 e. The molecule has 2 aromatic carbocycles. The van der Waals surface area contributed by atoms with Gasteiger partial charge in [-0.15, -0.1) is 0 Å². The highest BCUT2D eigenvalue weighted by atomic mass is 35.5. The molecule has 6 nitrogen and oxygen atoms in total. The van der Waals surface area contributed by atoms with E-state index in [9.17, 15) is 13.2 Å². The zero-order valence-corrected chi connectivity index (χ0v) is 17.6. The Bertz CT molecular complexity index is 1170. The van der Waals surface area contributed by atoms with Crippen LogP contribution in [-0.2, 0) is 16.6 Å². The molecule has 0 aliphatic heterocycles. The number of carbonyl (C=O) groups is 1. The number of rotatable bonds is 7. The van der Waals surface area contributed by atoms with Gasteiger partial charge in [0.25, 0.3) is 15.9 Å². The molecular formula is C22H20ClN3O3S. The lowest BCUT2D eigenvalue weighted by Crippen LogP contribution is -2.32. The summed E-state index contributed by atoms with van der Waals surface area (Å²) >= 11 is 6.07. The molecule has 0 spiro atoms. The summed E-state index contributed by atoms with van der Waals surface area (Å²) in [5, 5.41) is 0.297. The highest BCUT2D eigenvalue weighted by Crippen LogP contribution is 2.30. The quantitative estimate of drug-likeness (QED) is 0.591. The molecule has 1 fully saturated rings. The smallest absolute Gasteiger partial charge is 0.261 e. The van der Waals surface area contributed by atoms with Crippen LogP contribution in [0.25, 0.3) is 0 Å². The Balaban J connectivity index is 1.59. The summed E-state index contributed by atoms with van der Waals surface area (Å²) in [5.74, 6) is -0.191. The van der Waals surface area contributed by atoms with E-state index in [1.54, 1.807) is 53.7 Å². The molecule has 0 saturated heterocycles. The topological polar surface area (TPSA) is 79.4 Å². The summed E-state index contributed by atoms with van der Waals surface area (Å²) in [7, 11) is -3.89. The first kappa shape index (κ1) is 20.4. The standard InChI is InChI=1S/C22H20ClN3O3S/c23-20-6-1-2-7-21(20)25-30(28,29)19-5-3-4-17(14-19)22(27)26(18-8-9-18)15-16-10-12-24-13-11-16/h1-7,10-14,18,25H,8-9,15H2. The summed E-state index contributed by atoms with van der Waals surface area (Å²) in [6.07, 6.45) is 5.28. The van der Waals surface area contributed by atoms with Crippen molar-refractivity contribution >= 4 is 33.2 Å². The molecule has 0 unspecified atom stereocenters. The van der Waals surface area contributed by atoms with Gasteiger partial charge in [0.15, 0.2) is 0 Å². The third-order valence-electron chi connectivity index (χ3n) is 4.86. The fourth-order valence-corrected chi connectivity index (χ4v) is 4.51. The number of anilines is 1. The Labute approximate surface area is 180 Å². The second kappa shape index (κ2) is 8.45. The molecule has 0 radical (unpaired) electrons. The lowest BCUT2D eigenvalue weighted by Gasteiger charge is -2.23. The lowest BCUT2D eigenvalue weighted by molar-refractivity contribution is 0.0729. The zero-order valence-electron chi connectivity index (χ0n) is 16.0. The molecule has 1 aromatic heterocycles. The minimum atomic E-state index is -3.89. The number of nitrogens with zero attached hydrogens (tertiary/aromatic N) is 2. The molecule has 154 valence electrons. The van der Waals surface area contributed by atoms with Crippen molar-refractivity contribution in [1.29, 1.82) is 0 Å².